The third-order valence-corrected chi connectivity index (χ3v) is 4.12. The van der Waals surface area contributed by atoms with Crippen LogP contribution in [0.4, 0.5) is 0 Å². The molecule has 0 aromatic heterocycles. The standard InChI is InChI=1S/C18H26N4/c1-3-20-18(22-17-6-4-5-14(2)11-17)21-13-16-9-7-15(12-19)8-10-16/h7-10,14,17H,3-6,11,13H2,1-2H3,(H2,20,21,22). The number of benzene rings is 1. The van der Waals surface area contributed by atoms with Gasteiger partial charge in [-0.2, -0.15) is 5.26 Å². The first-order valence-corrected chi connectivity index (χ1v) is 8.25. The van der Waals surface area contributed by atoms with Gasteiger partial charge in [0.2, 0.25) is 0 Å². The molecule has 0 saturated heterocycles. The van der Waals surface area contributed by atoms with Crippen LogP contribution in [0, 0.1) is 17.2 Å². The second-order valence-corrected chi connectivity index (χ2v) is 6.12. The van der Waals surface area contributed by atoms with Gasteiger partial charge in [-0.1, -0.05) is 31.9 Å². The summed E-state index contributed by atoms with van der Waals surface area (Å²) in [6.07, 6.45) is 5.10. The topological polar surface area (TPSA) is 60.2 Å². The summed E-state index contributed by atoms with van der Waals surface area (Å²) in [4.78, 5) is 4.67. The molecule has 1 aromatic rings. The van der Waals surface area contributed by atoms with Crippen molar-refractivity contribution in [2.45, 2.75) is 52.1 Å². The second kappa shape index (κ2) is 8.43. The maximum Gasteiger partial charge on any atom is 0.191 e. The van der Waals surface area contributed by atoms with Gasteiger partial charge < -0.3 is 10.6 Å². The summed E-state index contributed by atoms with van der Waals surface area (Å²) >= 11 is 0. The Morgan fingerprint density at radius 3 is 2.73 bits per heavy atom. The third-order valence-electron chi connectivity index (χ3n) is 4.12. The molecule has 22 heavy (non-hydrogen) atoms. The van der Waals surface area contributed by atoms with Crippen LogP contribution in [0.5, 0.6) is 0 Å². The molecule has 1 fully saturated rings. The van der Waals surface area contributed by atoms with Gasteiger partial charge in [-0.05, 0) is 43.4 Å². The average molecular weight is 298 g/mol. The molecule has 0 amide bonds. The molecule has 0 spiro atoms. The molecule has 0 heterocycles. The molecule has 0 aliphatic heterocycles. The first kappa shape index (κ1) is 16.4. The Labute approximate surface area is 133 Å². The van der Waals surface area contributed by atoms with Gasteiger partial charge in [0.05, 0.1) is 18.2 Å². The van der Waals surface area contributed by atoms with Crippen molar-refractivity contribution in [3.63, 3.8) is 0 Å². The van der Waals surface area contributed by atoms with E-state index in [0.29, 0.717) is 18.2 Å². The Hall–Kier alpha value is -2.02. The maximum atomic E-state index is 8.82. The third kappa shape index (κ3) is 5.07. The Morgan fingerprint density at radius 1 is 1.32 bits per heavy atom. The number of aliphatic imine (C=N–C) groups is 1. The lowest BCUT2D eigenvalue weighted by molar-refractivity contribution is 0.324. The highest BCUT2D eigenvalue weighted by atomic mass is 15.2. The highest BCUT2D eigenvalue weighted by molar-refractivity contribution is 5.80. The summed E-state index contributed by atoms with van der Waals surface area (Å²) in [5, 5.41) is 15.7. The van der Waals surface area contributed by atoms with Crippen molar-refractivity contribution < 1.29 is 0 Å². The van der Waals surface area contributed by atoms with E-state index in [1.54, 1.807) is 0 Å². The number of nitrogens with zero attached hydrogens (tertiary/aromatic N) is 2. The Balaban J connectivity index is 1.95. The van der Waals surface area contributed by atoms with Crippen LogP contribution in [-0.4, -0.2) is 18.5 Å². The zero-order valence-electron chi connectivity index (χ0n) is 13.6. The van der Waals surface area contributed by atoms with Crippen LogP contribution in [0.15, 0.2) is 29.3 Å². The van der Waals surface area contributed by atoms with E-state index in [2.05, 4.69) is 35.5 Å². The minimum absolute atomic E-state index is 0.530. The summed E-state index contributed by atoms with van der Waals surface area (Å²) in [7, 11) is 0. The fraction of sp³-hybridized carbons (Fsp3) is 0.556. The molecule has 2 rings (SSSR count). The molecule has 4 nitrogen and oxygen atoms in total. The summed E-state index contributed by atoms with van der Waals surface area (Å²) in [5.74, 6) is 1.69. The Bertz CT molecular complexity index is 527. The summed E-state index contributed by atoms with van der Waals surface area (Å²) < 4.78 is 0. The quantitative estimate of drug-likeness (QED) is 0.663. The van der Waals surface area contributed by atoms with Gasteiger partial charge in [-0.3, -0.25) is 0 Å². The minimum atomic E-state index is 0.530. The number of hydrogen-bond donors (Lipinski definition) is 2. The summed E-state index contributed by atoms with van der Waals surface area (Å²) in [5.41, 5.74) is 1.81. The van der Waals surface area contributed by atoms with Crippen molar-refractivity contribution >= 4 is 5.96 Å². The lowest BCUT2D eigenvalue weighted by atomic mass is 9.87. The maximum absolute atomic E-state index is 8.82. The number of rotatable bonds is 4. The average Bonchev–Trinajstić information content (AvgIpc) is 2.53. The fourth-order valence-electron chi connectivity index (χ4n) is 2.93. The molecule has 4 heteroatoms. The smallest absolute Gasteiger partial charge is 0.191 e. The number of hydrogen-bond acceptors (Lipinski definition) is 2. The molecule has 2 atom stereocenters. The molecule has 1 aromatic carbocycles. The number of nitriles is 1. The van der Waals surface area contributed by atoms with Crippen LogP contribution in [0.25, 0.3) is 0 Å². The van der Waals surface area contributed by atoms with E-state index in [1.165, 1.54) is 25.7 Å². The minimum Gasteiger partial charge on any atom is -0.357 e. The van der Waals surface area contributed by atoms with Gasteiger partial charge in [0.15, 0.2) is 5.96 Å². The first-order chi connectivity index (χ1) is 10.7. The lowest BCUT2D eigenvalue weighted by Crippen LogP contribution is -2.45. The summed E-state index contributed by atoms with van der Waals surface area (Å²) in [6, 6.07) is 10.3. The monoisotopic (exact) mass is 298 g/mol. The van der Waals surface area contributed by atoms with Crippen LogP contribution in [0.3, 0.4) is 0 Å². The zero-order valence-corrected chi connectivity index (χ0v) is 13.6. The van der Waals surface area contributed by atoms with Gasteiger partial charge in [-0.25, -0.2) is 4.99 Å². The highest BCUT2D eigenvalue weighted by Crippen LogP contribution is 2.23. The van der Waals surface area contributed by atoms with Crippen LogP contribution in [0.1, 0.15) is 50.7 Å². The lowest BCUT2D eigenvalue weighted by Gasteiger charge is -2.28. The molecule has 0 radical (unpaired) electrons. The van der Waals surface area contributed by atoms with E-state index < -0.39 is 0 Å². The molecule has 1 aliphatic rings. The highest BCUT2D eigenvalue weighted by Gasteiger charge is 2.19. The van der Waals surface area contributed by atoms with Gasteiger partial charge in [0.1, 0.15) is 0 Å². The predicted molar refractivity (Wildman–Crippen MR) is 90.5 cm³/mol. The van der Waals surface area contributed by atoms with E-state index >= 15 is 0 Å². The van der Waals surface area contributed by atoms with Crippen LogP contribution >= 0.6 is 0 Å². The number of nitrogens with one attached hydrogen (secondary N) is 2. The van der Waals surface area contributed by atoms with Crippen molar-refractivity contribution in [2.75, 3.05) is 6.54 Å². The molecular formula is C18H26N4. The number of guanidine groups is 1. The van der Waals surface area contributed by atoms with Gasteiger partial charge in [0, 0.05) is 12.6 Å². The fourth-order valence-corrected chi connectivity index (χ4v) is 2.93. The second-order valence-electron chi connectivity index (χ2n) is 6.12. The molecule has 1 saturated carbocycles. The van der Waals surface area contributed by atoms with Crippen molar-refractivity contribution in [3.8, 4) is 6.07 Å². The van der Waals surface area contributed by atoms with Crippen molar-refractivity contribution in [1.29, 1.82) is 5.26 Å². The largest absolute Gasteiger partial charge is 0.357 e. The Kier molecular flexibility index (Phi) is 6.27. The van der Waals surface area contributed by atoms with Gasteiger partial charge in [-0.15, -0.1) is 0 Å². The first-order valence-electron chi connectivity index (χ1n) is 8.25. The van der Waals surface area contributed by atoms with E-state index in [9.17, 15) is 0 Å². The van der Waals surface area contributed by atoms with Gasteiger partial charge in [0.25, 0.3) is 0 Å². The summed E-state index contributed by atoms with van der Waals surface area (Å²) in [6.45, 7) is 5.90. The van der Waals surface area contributed by atoms with E-state index in [-0.39, 0.29) is 0 Å². The molecule has 118 valence electrons. The molecular weight excluding hydrogens is 272 g/mol. The van der Waals surface area contributed by atoms with Crippen molar-refractivity contribution in [3.05, 3.63) is 35.4 Å². The van der Waals surface area contributed by atoms with Gasteiger partial charge >= 0.3 is 0 Å². The van der Waals surface area contributed by atoms with Crippen LogP contribution < -0.4 is 10.6 Å². The SMILES string of the molecule is CCNC(=NCc1ccc(C#N)cc1)NC1CCCC(C)C1. The molecule has 1 aliphatic carbocycles. The van der Waals surface area contributed by atoms with E-state index in [1.807, 2.05) is 24.3 Å². The van der Waals surface area contributed by atoms with E-state index in [4.69, 9.17) is 5.26 Å². The molecule has 2 N–H and O–H groups in total. The van der Waals surface area contributed by atoms with E-state index in [0.717, 1.165) is 24.0 Å². The molecule has 2 unspecified atom stereocenters. The molecule has 0 bridgehead atoms. The zero-order chi connectivity index (χ0) is 15.8. The van der Waals surface area contributed by atoms with Crippen molar-refractivity contribution in [2.24, 2.45) is 10.9 Å². The Morgan fingerprint density at radius 2 is 2.09 bits per heavy atom. The van der Waals surface area contributed by atoms with Crippen LogP contribution in [0.2, 0.25) is 0 Å². The van der Waals surface area contributed by atoms with Crippen molar-refractivity contribution in [1.82, 2.24) is 10.6 Å². The predicted octanol–water partition coefficient (Wildman–Crippen LogP) is 3.19. The van der Waals surface area contributed by atoms with Crippen LogP contribution in [-0.2, 0) is 6.54 Å². The normalized spacial score (nSPS) is 22.0.